The van der Waals surface area contributed by atoms with E-state index in [9.17, 15) is 0 Å². The fourth-order valence-corrected chi connectivity index (χ4v) is 3.44. The van der Waals surface area contributed by atoms with Crippen LogP contribution in [0.25, 0.3) is 20.7 Å². The molecule has 0 saturated heterocycles. The summed E-state index contributed by atoms with van der Waals surface area (Å²) in [5.74, 6) is 1.94. The van der Waals surface area contributed by atoms with Crippen LogP contribution in [0.3, 0.4) is 0 Å². The van der Waals surface area contributed by atoms with Gasteiger partial charge in [0.25, 0.3) is 0 Å². The van der Waals surface area contributed by atoms with E-state index in [1.165, 1.54) is 27.8 Å². The molecule has 1 fully saturated rings. The normalized spacial score (nSPS) is 15.0. The Labute approximate surface area is 122 Å². The first-order chi connectivity index (χ1) is 9.88. The number of hydrogen-bond acceptors (Lipinski definition) is 3. The van der Waals surface area contributed by atoms with Crippen molar-refractivity contribution in [1.29, 1.82) is 0 Å². The van der Waals surface area contributed by atoms with E-state index in [1.54, 1.807) is 0 Å². The van der Waals surface area contributed by atoms with Crippen molar-refractivity contribution < 1.29 is 0 Å². The van der Waals surface area contributed by atoms with E-state index in [1.807, 2.05) is 17.5 Å². The highest BCUT2D eigenvalue weighted by atomic mass is 32.1. The minimum absolute atomic E-state index is 0.835. The van der Waals surface area contributed by atoms with Gasteiger partial charge in [-0.3, -0.25) is 0 Å². The summed E-state index contributed by atoms with van der Waals surface area (Å²) < 4.78 is 1.32. The summed E-state index contributed by atoms with van der Waals surface area (Å²) in [7, 11) is 0. The fraction of sp³-hybridized carbons (Fsp3) is 0.312. The van der Waals surface area contributed by atoms with Crippen LogP contribution in [0, 0.1) is 5.92 Å². The Morgan fingerprint density at radius 1 is 1.30 bits per heavy atom. The van der Waals surface area contributed by atoms with Gasteiger partial charge >= 0.3 is 0 Å². The van der Waals surface area contributed by atoms with Crippen LogP contribution in [0.2, 0.25) is 0 Å². The van der Waals surface area contributed by atoms with Crippen molar-refractivity contribution in [3.63, 3.8) is 0 Å². The number of fused-ring (bicyclic) bond motifs is 1. The second kappa shape index (κ2) is 5.04. The molecule has 4 rings (SSSR count). The van der Waals surface area contributed by atoms with Gasteiger partial charge in [0.05, 0.1) is 23.3 Å². The molecule has 1 aliphatic carbocycles. The highest BCUT2D eigenvalue weighted by Crippen LogP contribution is 2.32. The highest BCUT2D eigenvalue weighted by molar-refractivity contribution is 7.22. The number of benzene rings is 1. The van der Waals surface area contributed by atoms with Crippen LogP contribution in [0.15, 0.2) is 36.5 Å². The van der Waals surface area contributed by atoms with Gasteiger partial charge in [0, 0.05) is 4.70 Å². The fourth-order valence-electron chi connectivity index (χ4n) is 2.41. The van der Waals surface area contributed by atoms with Crippen LogP contribution in [0.1, 0.15) is 18.7 Å². The number of aromatic nitrogens is 2. The van der Waals surface area contributed by atoms with E-state index >= 15 is 0 Å². The molecule has 0 amide bonds. The van der Waals surface area contributed by atoms with Gasteiger partial charge in [-0.15, -0.1) is 11.3 Å². The van der Waals surface area contributed by atoms with E-state index < -0.39 is 0 Å². The van der Waals surface area contributed by atoms with E-state index in [0.29, 0.717) is 0 Å². The van der Waals surface area contributed by atoms with Crippen LogP contribution >= 0.6 is 11.3 Å². The third kappa shape index (κ3) is 2.49. The molecule has 0 spiro atoms. The molecule has 3 nitrogen and oxygen atoms in total. The van der Waals surface area contributed by atoms with Gasteiger partial charge < -0.3 is 10.3 Å². The smallest absolute Gasteiger partial charge is 0.120 e. The van der Waals surface area contributed by atoms with Crippen molar-refractivity contribution in [2.75, 3.05) is 6.54 Å². The zero-order valence-corrected chi connectivity index (χ0v) is 12.0. The Bertz CT molecular complexity index is 691. The van der Waals surface area contributed by atoms with Crippen molar-refractivity contribution in [1.82, 2.24) is 15.3 Å². The van der Waals surface area contributed by atoms with Gasteiger partial charge in [0.2, 0.25) is 0 Å². The van der Waals surface area contributed by atoms with E-state index in [2.05, 4.69) is 45.6 Å². The zero-order chi connectivity index (χ0) is 13.4. The van der Waals surface area contributed by atoms with Crippen molar-refractivity contribution >= 4 is 21.4 Å². The number of H-pyrrole nitrogens is 1. The molecule has 2 heterocycles. The first-order valence-electron chi connectivity index (χ1n) is 7.12. The van der Waals surface area contributed by atoms with Crippen molar-refractivity contribution in [3.8, 4) is 10.6 Å². The summed E-state index contributed by atoms with van der Waals surface area (Å²) in [6.45, 7) is 1.96. The molecule has 0 aliphatic heterocycles. The van der Waals surface area contributed by atoms with Gasteiger partial charge in [0.15, 0.2) is 0 Å². The molecule has 1 aliphatic rings. The maximum absolute atomic E-state index is 4.47. The Morgan fingerprint density at radius 3 is 3.05 bits per heavy atom. The number of thiophene rings is 1. The Morgan fingerprint density at radius 2 is 2.20 bits per heavy atom. The Balaban J connectivity index is 1.51. The lowest BCUT2D eigenvalue weighted by Crippen LogP contribution is -2.16. The average molecular weight is 283 g/mol. The van der Waals surface area contributed by atoms with Crippen molar-refractivity contribution in [2.24, 2.45) is 5.92 Å². The van der Waals surface area contributed by atoms with Crippen LogP contribution in [-0.4, -0.2) is 16.5 Å². The van der Waals surface area contributed by atoms with Crippen LogP contribution in [0.5, 0.6) is 0 Å². The van der Waals surface area contributed by atoms with Crippen molar-refractivity contribution in [3.05, 3.63) is 42.4 Å². The molecule has 0 atom stereocenters. The van der Waals surface area contributed by atoms with Crippen LogP contribution in [0.4, 0.5) is 0 Å². The quantitative estimate of drug-likeness (QED) is 0.748. The Hall–Kier alpha value is -1.65. The minimum atomic E-state index is 0.835. The number of nitrogens with one attached hydrogen (secondary N) is 2. The number of rotatable bonds is 5. The van der Waals surface area contributed by atoms with E-state index in [4.69, 9.17) is 0 Å². The molecule has 0 bridgehead atoms. The van der Waals surface area contributed by atoms with E-state index in [0.717, 1.165) is 30.5 Å². The molecular weight excluding hydrogens is 266 g/mol. The average Bonchev–Trinajstić information content (AvgIpc) is 3.01. The zero-order valence-electron chi connectivity index (χ0n) is 11.2. The first kappa shape index (κ1) is 12.1. The standard InChI is InChI=1S/C16H17N3S/c1-2-4-14-12(3-1)7-15(20-14)13-9-18-16(19-13)10-17-8-11-5-6-11/h1-4,7,9,11,17H,5-6,8,10H2,(H,18,19). The predicted octanol–water partition coefficient (Wildman–Crippen LogP) is 3.79. The number of nitrogens with zero attached hydrogens (tertiary/aromatic N) is 1. The lowest BCUT2D eigenvalue weighted by molar-refractivity contribution is 0.623. The van der Waals surface area contributed by atoms with Crippen LogP contribution < -0.4 is 5.32 Å². The van der Waals surface area contributed by atoms with Crippen molar-refractivity contribution in [2.45, 2.75) is 19.4 Å². The van der Waals surface area contributed by atoms with Gasteiger partial charge in [-0.05, 0) is 42.8 Å². The maximum atomic E-state index is 4.47. The summed E-state index contributed by atoms with van der Waals surface area (Å²) in [6.07, 6.45) is 4.72. The minimum Gasteiger partial charge on any atom is -0.340 e. The molecule has 1 saturated carbocycles. The lowest BCUT2D eigenvalue weighted by atomic mass is 10.2. The molecule has 2 N–H and O–H groups in total. The largest absolute Gasteiger partial charge is 0.340 e. The summed E-state index contributed by atoms with van der Waals surface area (Å²) in [5, 5.41) is 4.77. The van der Waals surface area contributed by atoms with Gasteiger partial charge in [-0.25, -0.2) is 4.98 Å². The monoisotopic (exact) mass is 283 g/mol. The Kier molecular flexibility index (Phi) is 3.05. The number of imidazole rings is 1. The molecule has 102 valence electrons. The molecule has 1 aromatic carbocycles. The highest BCUT2D eigenvalue weighted by Gasteiger charge is 2.20. The summed E-state index contributed by atoms with van der Waals surface area (Å²) in [4.78, 5) is 9.15. The molecular formula is C16H17N3S. The molecule has 20 heavy (non-hydrogen) atoms. The molecule has 0 radical (unpaired) electrons. The lowest BCUT2D eigenvalue weighted by Gasteiger charge is -1.99. The third-order valence-electron chi connectivity index (χ3n) is 3.74. The maximum Gasteiger partial charge on any atom is 0.120 e. The molecule has 2 aromatic heterocycles. The second-order valence-corrected chi connectivity index (χ2v) is 6.55. The SMILES string of the molecule is c1ccc2sc(-c3cnc(CNCC4CC4)[nH]3)cc2c1. The molecule has 3 aromatic rings. The summed E-state index contributed by atoms with van der Waals surface area (Å²) in [6, 6.07) is 10.7. The predicted molar refractivity (Wildman–Crippen MR) is 83.8 cm³/mol. The third-order valence-corrected chi connectivity index (χ3v) is 4.89. The topological polar surface area (TPSA) is 40.7 Å². The van der Waals surface area contributed by atoms with Crippen LogP contribution in [-0.2, 0) is 6.54 Å². The first-order valence-corrected chi connectivity index (χ1v) is 7.94. The van der Waals surface area contributed by atoms with Gasteiger partial charge in [0.1, 0.15) is 5.82 Å². The number of hydrogen-bond donors (Lipinski definition) is 2. The molecule has 0 unspecified atom stereocenters. The van der Waals surface area contributed by atoms with E-state index in [-0.39, 0.29) is 0 Å². The summed E-state index contributed by atoms with van der Waals surface area (Å²) >= 11 is 1.81. The van der Waals surface area contributed by atoms with Gasteiger partial charge in [-0.1, -0.05) is 18.2 Å². The van der Waals surface area contributed by atoms with Gasteiger partial charge in [-0.2, -0.15) is 0 Å². The molecule has 4 heteroatoms. The second-order valence-electron chi connectivity index (χ2n) is 5.47. The number of aromatic amines is 1. The summed E-state index contributed by atoms with van der Waals surface area (Å²) in [5.41, 5.74) is 1.12.